The van der Waals surface area contributed by atoms with Crippen molar-refractivity contribution in [2.45, 2.75) is 64.0 Å². The summed E-state index contributed by atoms with van der Waals surface area (Å²) in [7, 11) is 0. The van der Waals surface area contributed by atoms with E-state index >= 15 is 0 Å². The van der Waals surface area contributed by atoms with Crippen molar-refractivity contribution >= 4 is 33.9 Å². The monoisotopic (exact) mass is 433 g/mol. The smallest absolute Gasteiger partial charge is 0.331 e. The molecule has 0 heterocycles. The first-order valence-electron chi connectivity index (χ1n) is 10.4. The first-order chi connectivity index (χ1) is 13.8. The molecule has 1 fully saturated rings. The van der Waals surface area contributed by atoms with Crippen LogP contribution in [0.5, 0.6) is 0 Å². The Hall–Kier alpha value is -1.20. The Morgan fingerprint density at radius 3 is 2.52 bits per heavy atom. The zero-order chi connectivity index (χ0) is 21.4. The van der Waals surface area contributed by atoms with Gasteiger partial charge in [-0.3, -0.25) is 4.99 Å². The van der Waals surface area contributed by atoms with Crippen LogP contribution in [0.1, 0.15) is 52.0 Å². The van der Waals surface area contributed by atoms with Gasteiger partial charge in [-0.2, -0.15) is 0 Å². The van der Waals surface area contributed by atoms with Crippen molar-refractivity contribution in [3.63, 3.8) is 0 Å². The van der Waals surface area contributed by atoms with Crippen LogP contribution >= 0.6 is 23.5 Å². The average molecular weight is 434 g/mol. The van der Waals surface area contributed by atoms with Gasteiger partial charge < -0.3 is 4.74 Å². The van der Waals surface area contributed by atoms with Crippen LogP contribution in [0, 0.1) is 11.8 Å². The Morgan fingerprint density at radius 2 is 1.93 bits per heavy atom. The molecule has 1 aliphatic rings. The third kappa shape index (κ3) is 6.39. The minimum atomic E-state index is -0.514. The summed E-state index contributed by atoms with van der Waals surface area (Å²) in [5.74, 6) is 0.627. The summed E-state index contributed by atoms with van der Waals surface area (Å²) in [6.45, 7) is 10.6. The van der Waals surface area contributed by atoms with E-state index in [1.165, 1.54) is 12.0 Å². The molecule has 1 saturated carbocycles. The van der Waals surface area contributed by atoms with Crippen molar-refractivity contribution in [1.29, 1.82) is 0 Å². The van der Waals surface area contributed by atoms with Crippen molar-refractivity contribution in [2.24, 2.45) is 16.8 Å². The fourth-order valence-electron chi connectivity index (χ4n) is 4.27. The molecule has 0 unspecified atom stereocenters. The molecule has 0 N–H and O–H groups in total. The summed E-state index contributed by atoms with van der Waals surface area (Å²) < 4.78 is 7.07. The number of aliphatic imine (C=N–C) groups is 1. The van der Waals surface area contributed by atoms with E-state index in [-0.39, 0.29) is 17.5 Å². The van der Waals surface area contributed by atoms with E-state index in [0.29, 0.717) is 18.3 Å². The largest absolute Gasteiger partial charge is 0.460 e. The maximum Gasteiger partial charge on any atom is 0.331 e. The third-order valence-corrected chi connectivity index (χ3v) is 7.95. The first kappa shape index (κ1) is 24.1. The highest BCUT2D eigenvalue weighted by Crippen LogP contribution is 2.43. The van der Waals surface area contributed by atoms with Crippen LogP contribution in [0.3, 0.4) is 0 Å². The summed E-state index contributed by atoms with van der Waals surface area (Å²) in [6.07, 6.45) is 9.27. The second-order valence-corrected chi connectivity index (χ2v) is 10.3. The number of benzene rings is 1. The van der Waals surface area contributed by atoms with Gasteiger partial charge in [-0.05, 0) is 48.7 Å². The fourth-order valence-corrected chi connectivity index (χ4v) is 5.40. The van der Waals surface area contributed by atoms with Gasteiger partial charge in [-0.1, -0.05) is 63.6 Å². The molecule has 1 aromatic rings. The van der Waals surface area contributed by atoms with Gasteiger partial charge in [0.1, 0.15) is 10.5 Å². The number of ether oxygens (including phenoxy) is 1. The minimum absolute atomic E-state index is 0.0623. The van der Waals surface area contributed by atoms with Crippen molar-refractivity contribution in [3.05, 3.63) is 48.6 Å². The molecule has 0 bridgehead atoms. The predicted octanol–water partition coefficient (Wildman–Crippen LogP) is 6.34. The highest BCUT2D eigenvalue weighted by Gasteiger charge is 2.42. The van der Waals surface area contributed by atoms with Crippen molar-refractivity contribution in [3.8, 4) is 0 Å². The van der Waals surface area contributed by atoms with E-state index in [1.54, 1.807) is 29.6 Å². The Bertz CT molecular complexity index is 696. The maximum absolute atomic E-state index is 13.1. The number of rotatable bonds is 7. The highest BCUT2D eigenvalue weighted by atomic mass is 32.2. The Balaban J connectivity index is 2.24. The molecule has 0 saturated heterocycles. The Morgan fingerprint density at radius 1 is 1.28 bits per heavy atom. The first-order valence-corrected chi connectivity index (χ1v) is 12.8. The standard InChI is InChI=1S/C24H35NO2S2/c1-7-11-20(25-23(28-5)29-6)22(26)27-21-16-17(2)14-15-19(21)24(3,4)18-12-9-8-10-13-18/h7-10,12-13,17,19-21H,1,11,14-16H2,2-6H3/t17-,19-,20+,21-/m1/s1. The summed E-state index contributed by atoms with van der Waals surface area (Å²) in [4.78, 5) is 17.7. The molecule has 0 spiro atoms. The van der Waals surface area contributed by atoms with Crippen LogP contribution in [0.25, 0.3) is 0 Å². The average Bonchev–Trinajstić information content (AvgIpc) is 2.71. The van der Waals surface area contributed by atoms with E-state index in [1.807, 2.05) is 18.6 Å². The molecule has 0 aromatic heterocycles. The summed E-state index contributed by atoms with van der Waals surface area (Å²) >= 11 is 3.12. The summed E-state index contributed by atoms with van der Waals surface area (Å²) in [5.41, 5.74) is 1.24. The zero-order valence-electron chi connectivity index (χ0n) is 18.4. The Kier molecular flexibility index (Phi) is 9.35. The third-order valence-electron chi connectivity index (χ3n) is 6.04. The highest BCUT2D eigenvalue weighted by molar-refractivity contribution is 8.38. The van der Waals surface area contributed by atoms with Gasteiger partial charge in [0.05, 0.1) is 0 Å². The molecule has 160 valence electrons. The summed E-state index contributed by atoms with van der Waals surface area (Å²) in [5, 5.41) is 0. The minimum Gasteiger partial charge on any atom is -0.460 e. The second kappa shape index (κ2) is 11.3. The lowest BCUT2D eigenvalue weighted by atomic mass is 9.64. The van der Waals surface area contributed by atoms with Gasteiger partial charge in [-0.15, -0.1) is 30.1 Å². The van der Waals surface area contributed by atoms with E-state index < -0.39 is 6.04 Å². The predicted molar refractivity (Wildman–Crippen MR) is 129 cm³/mol. The molecule has 0 amide bonds. The molecule has 5 heteroatoms. The van der Waals surface area contributed by atoms with Gasteiger partial charge >= 0.3 is 5.97 Å². The van der Waals surface area contributed by atoms with Crippen LogP contribution in [0.15, 0.2) is 48.0 Å². The van der Waals surface area contributed by atoms with E-state index in [0.717, 1.165) is 17.2 Å². The molecule has 0 radical (unpaired) electrons. The molecule has 2 rings (SSSR count). The maximum atomic E-state index is 13.1. The number of hydrogen-bond donors (Lipinski definition) is 0. The summed E-state index contributed by atoms with van der Waals surface area (Å²) in [6, 6.07) is 10.1. The van der Waals surface area contributed by atoms with Gasteiger partial charge in [0.2, 0.25) is 0 Å². The van der Waals surface area contributed by atoms with Crippen LogP contribution in [0.4, 0.5) is 0 Å². The van der Waals surface area contributed by atoms with E-state index in [9.17, 15) is 4.79 Å². The fraction of sp³-hybridized carbons (Fsp3) is 0.583. The number of hydrogen-bond acceptors (Lipinski definition) is 5. The second-order valence-electron chi connectivity index (χ2n) is 8.43. The topological polar surface area (TPSA) is 38.7 Å². The number of carbonyl (C=O) groups is 1. The van der Waals surface area contributed by atoms with Gasteiger partial charge in [0.15, 0.2) is 6.04 Å². The lowest BCUT2D eigenvalue weighted by Crippen LogP contribution is -2.44. The molecule has 1 aliphatic carbocycles. The number of carbonyl (C=O) groups excluding carboxylic acids is 1. The molecular formula is C24H35NO2S2. The molecule has 1 aromatic carbocycles. The van der Waals surface area contributed by atoms with Crippen molar-refractivity contribution in [1.82, 2.24) is 0 Å². The molecule has 29 heavy (non-hydrogen) atoms. The van der Waals surface area contributed by atoms with Crippen molar-refractivity contribution in [2.75, 3.05) is 12.5 Å². The molecule has 0 aliphatic heterocycles. The number of thioether (sulfide) groups is 2. The lowest BCUT2D eigenvalue weighted by molar-refractivity contribution is -0.158. The quantitative estimate of drug-likeness (QED) is 0.218. The zero-order valence-corrected chi connectivity index (χ0v) is 20.0. The van der Waals surface area contributed by atoms with Crippen LogP contribution < -0.4 is 0 Å². The lowest BCUT2D eigenvalue weighted by Gasteiger charge is -2.44. The van der Waals surface area contributed by atoms with Gasteiger partial charge in [-0.25, -0.2) is 4.79 Å². The van der Waals surface area contributed by atoms with E-state index in [2.05, 4.69) is 56.6 Å². The number of nitrogens with zero attached hydrogens (tertiary/aromatic N) is 1. The molecule has 4 atom stereocenters. The normalized spacial score (nSPS) is 23.1. The van der Waals surface area contributed by atoms with Crippen LogP contribution in [0.2, 0.25) is 0 Å². The SMILES string of the molecule is C=CC[C@H](N=C(SC)SC)C(=O)O[C@@H]1C[C@H](C)CC[C@H]1C(C)(C)c1ccccc1. The molecular weight excluding hydrogens is 398 g/mol. The Labute approximate surface area is 185 Å². The van der Waals surface area contributed by atoms with Crippen molar-refractivity contribution < 1.29 is 9.53 Å². The van der Waals surface area contributed by atoms with Gasteiger partial charge in [0, 0.05) is 5.92 Å². The van der Waals surface area contributed by atoms with Gasteiger partial charge in [0.25, 0.3) is 0 Å². The molecule has 3 nitrogen and oxygen atoms in total. The van der Waals surface area contributed by atoms with Crippen LogP contribution in [-0.2, 0) is 14.9 Å². The van der Waals surface area contributed by atoms with Crippen LogP contribution in [-0.4, -0.2) is 35.0 Å². The number of esters is 1. The van der Waals surface area contributed by atoms with E-state index in [4.69, 9.17) is 4.74 Å².